The molecule has 0 N–H and O–H groups in total. The Morgan fingerprint density at radius 3 is 2.20 bits per heavy atom. The van der Waals surface area contributed by atoms with Gasteiger partial charge in [-0.1, -0.05) is 78.9 Å². The summed E-state index contributed by atoms with van der Waals surface area (Å²) in [5.74, 6) is -2.81. The minimum absolute atomic E-state index is 0.0783. The summed E-state index contributed by atoms with van der Waals surface area (Å²) in [6.07, 6.45) is 3.64. The number of halogens is 1. The zero-order valence-electron chi connectivity index (χ0n) is 21.4. The van der Waals surface area contributed by atoms with E-state index in [1.165, 1.54) is 48.5 Å². The minimum atomic E-state index is -1.73. The molecule has 1 spiro atoms. The highest BCUT2D eigenvalue weighted by Gasteiger charge is 2.71. The fraction of sp³-hybridized carbons (Fsp3) is 0.121. The van der Waals surface area contributed by atoms with Gasteiger partial charge in [0.25, 0.3) is 5.69 Å². The molecule has 4 aromatic rings. The van der Waals surface area contributed by atoms with E-state index in [4.69, 9.17) is 0 Å². The topological polar surface area (TPSA) is 97.6 Å². The molecule has 3 aliphatic rings. The molecule has 7 nitrogen and oxygen atoms in total. The molecule has 0 amide bonds. The van der Waals surface area contributed by atoms with E-state index >= 15 is 0 Å². The Hall–Kier alpha value is -5.24. The standard InChI is InChI=1S/C33H21FN2O5/c34-22-15-12-20(13-16-22)28-29(30(37)21-7-5-8-23(18-21)36(40)41)35-26-11-4-1-6-19(26)14-17-27(35)33(28)31(38)24-9-2-3-10-25(24)32(33)39/h1-18,27-29H/t27?,28-,29+/m0/s1. The Kier molecular flexibility index (Phi) is 5.37. The number of nitro groups is 1. The van der Waals surface area contributed by atoms with Gasteiger partial charge in [-0.2, -0.15) is 0 Å². The third-order valence-electron chi connectivity index (χ3n) is 8.55. The van der Waals surface area contributed by atoms with E-state index in [-0.39, 0.29) is 22.4 Å². The molecule has 41 heavy (non-hydrogen) atoms. The van der Waals surface area contributed by atoms with Gasteiger partial charge in [0, 0.05) is 40.4 Å². The zero-order chi connectivity index (χ0) is 28.5. The molecule has 2 heterocycles. The normalized spacial score (nSPS) is 21.5. The summed E-state index contributed by atoms with van der Waals surface area (Å²) >= 11 is 0. The Morgan fingerprint density at radius 1 is 0.854 bits per heavy atom. The van der Waals surface area contributed by atoms with Gasteiger partial charge in [-0.05, 0) is 29.3 Å². The number of anilines is 1. The van der Waals surface area contributed by atoms with Crippen molar-refractivity contribution in [2.45, 2.75) is 18.0 Å². The van der Waals surface area contributed by atoms with Gasteiger partial charge >= 0.3 is 0 Å². The quantitative estimate of drug-likeness (QED) is 0.134. The number of hydrogen-bond donors (Lipinski definition) is 0. The summed E-state index contributed by atoms with van der Waals surface area (Å²) in [6, 6.07) is 23.0. The van der Waals surface area contributed by atoms with Crippen LogP contribution in [0.5, 0.6) is 0 Å². The van der Waals surface area contributed by atoms with Crippen molar-refractivity contribution in [2.24, 2.45) is 5.41 Å². The van der Waals surface area contributed by atoms with Crippen LogP contribution >= 0.6 is 0 Å². The Balaban J connectivity index is 1.54. The van der Waals surface area contributed by atoms with Crippen LogP contribution in [-0.4, -0.2) is 34.4 Å². The van der Waals surface area contributed by atoms with Crippen LogP contribution in [0.4, 0.5) is 15.8 Å². The van der Waals surface area contributed by atoms with Crippen molar-refractivity contribution in [3.63, 3.8) is 0 Å². The number of hydrogen-bond acceptors (Lipinski definition) is 6. The molecule has 2 aliphatic heterocycles. The maximum absolute atomic E-state index is 14.6. The number of nitrogens with zero attached hydrogens (tertiary/aromatic N) is 2. The molecule has 0 saturated carbocycles. The van der Waals surface area contributed by atoms with Crippen LogP contribution in [0.25, 0.3) is 6.08 Å². The third-order valence-corrected chi connectivity index (χ3v) is 8.55. The maximum Gasteiger partial charge on any atom is 0.270 e. The van der Waals surface area contributed by atoms with Crippen LogP contribution in [0, 0.1) is 21.3 Å². The summed E-state index contributed by atoms with van der Waals surface area (Å²) in [7, 11) is 0. The number of carbonyl (C=O) groups excluding carboxylic acids is 3. The lowest BCUT2D eigenvalue weighted by atomic mass is 9.64. The zero-order valence-corrected chi connectivity index (χ0v) is 21.4. The highest BCUT2D eigenvalue weighted by Crippen LogP contribution is 2.61. The van der Waals surface area contributed by atoms with E-state index in [9.17, 15) is 28.9 Å². The van der Waals surface area contributed by atoms with Crippen LogP contribution < -0.4 is 4.90 Å². The summed E-state index contributed by atoms with van der Waals surface area (Å²) < 4.78 is 14.2. The van der Waals surface area contributed by atoms with E-state index in [2.05, 4.69) is 0 Å². The smallest absolute Gasteiger partial charge is 0.270 e. The third kappa shape index (κ3) is 3.34. The fourth-order valence-corrected chi connectivity index (χ4v) is 6.90. The summed E-state index contributed by atoms with van der Waals surface area (Å²) in [4.78, 5) is 56.5. The molecule has 0 aromatic heterocycles. The molecular formula is C33H21FN2O5. The minimum Gasteiger partial charge on any atom is -0.352 e. The van der Waals surface area contributed by atoms with Crippen molar-refractivity contribution < 1.29 is 23.7 Å². The van der Waals surface area contributed by atoms with Gasteiger partial charge in [-0.25, -0.2) is 4.39 Å². The average Bonchev–Trinajstić information content (AvgIpc) is 3.43. The molecule has 1 saturated heterocycles. The lowest BCUT2D eigenvalue weighted by Crippen LogP contribution is -2.48. The largest absolute Gasteiger partial charge is 0.352 e. The number of Topliss-reactive ketones (excluding diaryl/α,β-unsaturated/α-hetero) is 3. The van der Waals surface area contributed by atoms with Crippen molar-refractivity contribution in [1.82, 2.24) is 0 Å². The van der Waals surface area contributed by atoms with Crippen molar-refractivity contribution >= 4 is 34.8 Å². The first-order valence-corrected chi connectivity index (χ1v) is 13.1. The van der Waals surface area contributed by atoms with Crippen molar-refractivity contribution in [3.05, 3.63) is 147 Å². The second-order valence-corrected chi connectivity index (χ2v) is 10.5. The highest BCUT2D eigenvalue weighted by atomic mass is 19.1. The van der Waals surface area contributed by atoms with E-state index < -0.39 is 51.5 Å². The summed E-state index contributed by atoms with van der Waals surface area (Å²) in [5.41, 5.74) is 0.556. The van der Waals surface area contributed by atoms with Crippen molar-refractivity contribution in [1.29, 1.82) is 0 Å². The maximum atomic E-state index is 14.6. The molecule has 3 atom stereocenters. The number of para-hydroxylation sites is 1. The molecule has 0 bridgehead atoms. The predicted octanol–water partition coefficient (Wildman–Crippen LogP) is 6.05. The molecule has 1 aliphatic carbocycles. The molecule has 1 unspecified atom stereocenters. The van der Waals surface area contributed by atoms with Gasteiger partial charge < -0.3 is 4.90 Å². The van der Waals surface area contributed by atoms with Crippen LogP contribution in [0.15, 0.2) is 103 Å². The van der Waals surface area contributed by atoms with Gasteiger partial charge in [-0.15, -0.1) is 0 Å². The van der Waals surface area contributed by atoms with E-state index in [0.29, 0.717) is 11.3 Å². The highest BCUT2D eigenvalue weighted by molar-refractivity contribution is 6.32. The lowest BCUT2D eigenvalue weighted by Gasteiger charge is -2.37. The van der Waals surface area contributed by atoms with Gasteiger partial charge in [0.15, 0.2) is 17.3 Å². The van der Waals surface area contributed by atoms with Gasteiger partial charge in [0.1, 0.15) is 17.3 Å². The van der Waals surface area contributed by atoms with E-state index in [0.717, 1.165) is 5.56 Å². The number of fused-ring (bicyclic) bond motifs is 5. The monoisotopic (exact) mass is 544 g/mol. The first-order valence-electron chi connectivity index (χ1n) is 13.1. The van der Waals surface area contributed by atoms with Crippen LogP contribution in [0.3, 0.4) is 0 Å². The fourth-order valence-electron chi connectivity index (χ4n) is 6.90. The molecule has 8 heteroatoms. The van der Waals surface area contributed by atoms with E-state index in [1.807, 2.05) is 35.2 Å². The Labute approximate surface area is 233 Å². The molecular weight excluding hydrogens is 523 g/mol. The summed E-state index contributed by atoms with van der Waals surface area (Å²) in [5, 5.41) is 11.6. The summed E-state index contributed by atoms with van der Waals surface area (Å²) in [6.45, 7) is 0. The number of ketones is 3. The first kappa shape index (κ1) is 24.8. The average molecular weight is 545 g/mol. The Bertz CT molecular complexity index is 1790. The number of rotatable bonds is 4. The van der Waals surface area contributed by atoms with Crippen LogP contribution in [-0.2, 0) is 0 Å². The van der Waals surface area contributed by atoms with Crippen LogP contribution in [0.1, 0.15) is 48.1 Å². The van der Waals surface area contributed by atoms with E-state index in [1.54, 1.807) is 30.3 Å². The van der Waals surface area contributed by atoms with Crippen LogP contribution in [0.2, 0.25) is 0 Å². The SMILES string of the molecule is O=C(c1cccc([N+](=O)[O-])c1)[C@H]1[C@H](c2ccc(F)cc2)C2(C(=O)c3ccccc3C2=O)C2C=Cc3ccccc3N21. The lowest BCUT2D eigenvalue weighted by molar-refractivity contribution is -0.384. The van der Waals surface area contributed by atoms with Gasteiger partial charge in [0.05, 0.1) is 11.0 Å². The molecule has 1 fully saturated rings. The second kappa shape index (κ2) is 8.89. The van der Waals surface area contributed by atoms with Gasteiger partial charge in [-0.3, -0.25) is 24.5 Å². The van der Waals surface area contributed by atoms with Crippen molar-refractivity contribution in [2.75, 3.05) is 4.90 Å². The van der Waals surface area contributed by atoms with Gasteiger partial charge in [0.2, 0.25) is 0 Å². The second-order valence-electron chi connectivity index (χ2n) is 10.5. The molecule has 200 valence electrons. The molecule has 0 radical (unpaired) electrons. The number of non-ortho nitro benzene ring substituents is 1. The number of nitro benzene ring substituents is 1. The van der Waals surface area contributed by atoms with Crippen molar-refractivity contribution in [3.8, 4) is 0 Å². The Morgan fingerprint density at radius 2 is 1.51 bits per heavy atom. The first-order chi connectivity index (χ1) is 19.8. The molecule has 7 rings (SSSR count). The predicted molar refractivity (Wildman–Crippen MR) is 150 cm³/mol. The number of benzene rings is 4. The number of carbonyl (C=O) groups is 3. The molecule has 4 aromatic carbocycles.